The number of hydrogen-bond donors (Lipinski definition) is 3. The Bertz CT molecular complexity index is 1320. The molecule has 4 N–H and O–H groups in total. The van der Waals surface area contributed by atoms with Crippen molar-refractivity contribution in [3.8, 4) is 0 Å². The van der Waals surface area contributed by atoms with Gasteiger partial charge in [0, 0.05) is 23.6 Å². The topological polar surface area (TPSA) is 131 Å². The molecule has 0 saturated heterocycles. The molecule has 0 bridgehead atoms. The van der Waals surface area contributed by atoms with Crippen molar-refractivity contribution >= 4 is 32.5 Å². The molecule has 0 saturated carbocycles. The van der Waals surface area contributed by atoms with Gasteiger partial charge >= 0.3 is 0 Å². The maximum Gasteiger partial charge on any atom is 0.273 e. The predicted octanol–water partition coefficient (Wildman–Crippen LogP) is 2.35. The molecule has 0 aliphatic carbocycles. The monoisotopic (exact) mass is 421 g/mol. The standard InChI is InChI=1S/C21H19N5O3S/c22-20-19(26-18(13-25-20)30(28,29)15-6-2-1-3-7-15)21(27)23-11-10-14-12-24-17-9-5-4-8-16(14)17/h1-9,12-13,24H,10-11H2,(H2,22,25)(H,23,27). The molecule has 0 unspecified atom stereocenters. The minimum atomic E-state index is -3.91. The summed E-state index contributed by atoms with van der Waals surface area (Å²) in [5.41, 5.74) is 7.64. The third-order valence-electron chi connectivity index (χ3n) is 4.68. The first-order valence-electron chi connectivity index (χ1n) is 9.22. The fourth-order valence-electron chi connectivity index (χ4n) is 3.13. The number of carbonyl (C=O) groups excluding carboxylic acids is 1. The summed E-state index contributed by atoms with van der Waals surface area (Å²) in [6.07, 6.45) is 3.55. The van der Waals surface area contributed by atoms with Crippen LogP contribution in [0.4, 0.5) is 5.82 Å². The van der Waals surface area contributed by atoms with E-state index in [2.05, 4.69) is 20.3 Å². The third-order valence-corrected chi connectivity index (χ3v) is 6.32. The SMILES string of the molecule is Nc1ncc(S(=O)(=O)c2ccccc2)nc1C(=O)NCCc1c[nH]c2ccccc12. The summed E-state index contributed by atoms with van der Waals surface area (Å²) in [6, 6.07) is 15.7. The van der Waals surface area contributed by atoms with Gasteiger partial charge in [0.25, 0.3) is 5.91 Å². The van der Waals surface area contributed by atoms with Crippen molar-refractivity contribution in [3.63, 3.8) is 0 Å². The van der Waals surface area contributed by atoms with Gasteiger partial charge in [0.05, 0.1) is 11.1 Å². The summed E-state index contributed by atoms with van der Waals surface area (Å²) >= 11 is 0. The molecule has 152 valence electrons. The van der Waals surface area contributed by atoms with Crippen LogP contribution < -0.4 is 11.1 Å². The highest BCUT2D eigenvalue weighted by Crippen LogP contribution is 2.20. The molecule has 0 fully saturated rings. The van der Waals surface area contributed by atoms with Gasteiger partial charge in [-0.05, 0) is 30.2 Å². The number of amides is 1. The van der Waals surface area contributed by atoms with E-state index in [1.807, 2.05) is 30.5 Å². The van der Waals surface area contributed by atoms with Gasteiger partial charge in [0.2, 0.25) is 9.84 Å². The Morgan fingerprint density at radius 1 is 1.07 bits per heavy atom. The first-order valence-corrected chi connectivity index (χ1v) is 10.7. The van der Waals surface area contributed by atoms with E-state index in [4.69, 9.17) is 5.73 Å². The average Bonchev–Trinajstić information content (AvgIpc) is 3.17. The highest BCUT2D eigenvalue weighted by molar-refractivity contribution is 7.91. The van der Waals surface area contributed by atoms with Gasteiger partial charge in [-0.3, -0.25) is 4.79 Å². The lowest BCUT2D eigenvalue weighted by molar-refractivity contribution is 0.0949. The number of para-hydroxylation sites is 1. The number of aromatic amines is 1. The Labute approximate surface area is 173 Å². The summed E-state index contributed by atoms with van der Waals surface area (Å²) in [7, 11) is -3.91. The van der Waals surface area contributed by atoms with Crippen LogP contribution in [0.3, 0.4) is 0 Å². The molecule has 30 heavy (non-hydrogen) atoms. The number of carbonyl (C=O) groups is 1. The molecule has 9 heteroatoms. The number of nitrogens with two attached hydrogens (primary N) is 1. The van der Waals surface area contributed by atoms with E-state index in [1.165, 1.54) is 12.1 Å². The Kier molecular flexibility index (Phi) is 5.20. The minimum Gasteiger partial charge on any atom is -0.382 e. The van der Waals surface area contributed by atoms with Crippen molar-refractivity contribution in [2.75, 3.05) is 12.3 Å². The lowest BCUT2D eigenvalue weighted by Crippen LogP contribution is -2.28. The van der Waals surface area contributed by atoms with Crippen LogP contribution in [-0.2, 0) is 16.3 Å². The minimum absolute atomic E-state index is 0.0646. The number of aromatic nitrogens is 3. The van der Waals surface area contributed by atoms with E-state index < -0.39 is 15.7 Å². The van der Waals surface area contributed by atoms with Crippen LogP contribution in [0, 0.1) is 0 Å². The maximum atomic E-state index is 12.7. The van der Waals surface area contributed by atoms with Gasteiger partial charge in [0.1, 0.15) is 0 Å². The van der Waals surface area contributed by atoms with E-state index in [0.717, 1.165) is 22.7 Å². The third kappa shape index (κ3) is 3.74. The Morgan fingerprint density at radius 2 is 1.80 bits per heavy atom. The highest BCUT2D eigenvalue weighted by Gasteiger charge is 2.23. The van der Waals surface area contributed by atoms with Gasteiger partial charge in [-0.25, -0.2) is 18.4 Å². The van der Waals surface area contributed by atoms with Gasteiger partial charge in [-0.15, -0.1) is 0 Å². The summed E-state index contributed by atoms with van der Waals surface area (Å²) in [4.78, 5) is 23.7. The second kappa shape index (κ2) is 7.96. The van der Waals surface area contributed by atoms with Crippen LogP contribution in [0.1, 0.15) is 16.1 Å². The van der Waals surface area contributed by atoms with E-state index in [-0.39, 0.29) is 21.4 Å². The number of hydrogen-bond acceptors (Lipinski definition) is 6. The van der Waals surface area contributed by atoms with Crippen molar-refractivity contribution in [1.29, 1.82) is 0 Å². The van der Waals surface area contributed by atoms with Crippen LogP contribution in [0.15, 0.2) is 76.9 Å². The average molecular weight is 421 g/mol. The Balaban J connectivity index is 1.51. The van der Waals surface area contributed by atoms with Crippen molar-refractivity contribution in [3.05, 3.63) is 78.2 Å². The molecule has 0 atom stereocenters. The van der Waals surface area contributed by atoms with Crippen LogP contribution >= 0.6 is 0 Å². The predicted molar refractivity (Wildman–Crippen MR) is 113 cm³/mol. The molecule has 4 aromatic rings. The van der Waals surface area contributed by atoms with Gasteiger partial charge in [0.15, 0.2) is 16.5 Å². The molecule has 4 rings (SSSR count). The molecular weight excluding hydrogens is 402 g/mol. The summed E-state index contributed by atoms with van der Waals surface area (Å²) in [6.45, 7) is 0.331. The van der Waals surface area contributed by atoms with Gasteiger partial charge in [-0.2, -0.15) is 0 Å². The second-order valence-corrected chi connectivity index (χ2v) is 8.52. The summed E-state index contributed by atoms with van der Waals surface area (Å²) in [5, 5.41) is 3.49. The van der Waals surface area contributed by atoms with E-state index >= 15 is 0 Å². The largest absolute Gasteiger partial charge is 0.382 e. The van der Waals surface area contributed by atoms with Crippen LogP contribution in [0.5, 0.6) is 0 Å². The molecule has 2 aromatic carbocycles. The van der Waals surface area contributed by atoms with Crippen LogP contribution in [0.25, 0.3) is 10.9 Å². The second-order valence-electron chi connectivity index (χ2n) is 6.62. The lowest BCUT2D eigenvalue weighted by Gasteiger charge is -2.09. The molecule has 8 nitrogen and oxygen atoms in total. The molecular formula is C21H19N5O3S. The van der Waals surface area contributed by atoms with Gasteiger partial charge < -0.3 is 16.0 Å². The van der Waals surface area contributed by atoms with E-state index in [9.17, 15) is 13.2 Å². The van der Waals surface area contributed by atoms with E-state index in [0.29, 0.717) is 13.0 Å². The zero-order valence-corrected chi connectivity index (χ0v) is 16.7. The Morgan fingerprint density at radius 3 is 2.60 bits per heavy atom. The summed E-state index contributed by atoms with van der Waals surface area (Å²) < 4.78 is 25.5. The first kappa shape index (κ1) is 19.6. The Hall–Kier alpha value is -3.72. The number of H-pyrrole nitrogens is 1. The number of nitrogens with one attached hydrogen (secondary N) is 2. The van der Waals surface area contributed by atoms with Crippen molar-refractivity contribution < 1.29 is 13.2 Å². The van der Waals surface area contributed by atoms with Gasteiger partial charge in [-0.1, -0.05) is 36.4 Å². The van der Waals surface area contributed by atoms with Crippen molar-refractivity contribution in [2.24, 2.45) is 0 Å². The van der Waals surface area contributed by atoms with Crippen LogP contribution in [-0.4, -0.2) is 35.8 Å². The lowest BCUT2D eigenvalue weighted by atomic mass is 10.1. The molecule has 0 radical (unpaired) electrons. The normalized spacial score (nSPS) is 11.5. The number of sulfone groups is 1. The zero-order valence-electron chi connectivity index (χ0n) is 15.9. The highest BCUT2D eigenvalue weighted by atomic mass is 32.2. The van der Waals surface area contributed by atoms with E-state index in [1.54, 1.807) is 18.2 Å². The zero-order chi connectivity index (χ0) is 21.1. The maximum absolute atomic E-state index is 12.7. The molecule has 2 aromatic heterocycles. The fourth-order valence-corrected chi connectivity index (χ4v) is 4.29. The number of nitrogens with zero attached hydrogens (tertiary/aromatic N) is 2. The van der Waals surface area contributed by atoms with Crippen molar-refractivity contribution in [2.45, 2.75) is 16.3 Å². The number of fused-ring (bicyclic) bond motifs is 1. The molecule has 1 amide bonds. The molecule has 0 aliphatic heterocycles. The number of benzene rings is 2. The molecule has 0 spiro atoms. The number of nitrogen functional groups attached to an aromatic ring is 1. The van der Waals surface area contributed by atoms with Crippen LogP contribution in [0.2, 0.25) is 0 Å². The smallest absolute Gasteiger partial charge is 0.273 e. The molecule has 0 aliphatic rings. The quantitative estimate of drug-likeness (QED) is 0.438. The number of anilines is 1. The molecule has 2 heterocycles. The summed E-state index contributed by atoms with van der Waals surface area (Å²) in [5.74, 6) is -0.712. The fraction of sp³-hybridized carbons (Fsp3) is 0.0952. The number of rotatable bonds is 6. The first-order chi connectivity index (χ1) is 14.5. The van der Waals surface area contributed by atoms with Crippen molar-refractivity contribution in [1.82, 2.24) is 20.3 Å².